The highest BCUT2D eigenvalue weighted by Crippen LogP contribution is 2.30. The van der Waals surface area contributed by atoms with E-state index < -0.39 is 0 Å². The predicted molar refractivity (Wildman–Crippen MR) is 92.1 cm³/mol. The van der Waals surface area contributed by atoms with Gasteiger partial charge in [-0.25, -0.2) is 0 Å². The van der Waals surface area contributed by atoms with Crippen LogP contribution in [0, 0.1) is 6.92 Å². The maximum Gasteiger partial charge on any atom is 0.255 e. The molecular weight excluding hydrogens is 302 g/mol. The molecule has 2 aromatic rings. The molecule has 24 heavy (non-hydrogen) atoms. The zero-order valence-corrected chi connectivity index (χ0v) is 14.5. The van der Waals surface area contributed by atoms with Crippen LogP contribution in [0.2, 0.25) is 0 Å². The third-order valence-electron chi connectivity index (χ3n) is 5.64. The third kappa shape index (κ3) is 2.49. The molecule has 2 aromatic heterocycles. The van der Waals surface area contributed by atoms with Gasteiger partial charge in [-0.05, 0) is 57.8 Å². The molecule has 0 spiro atoms. The van der Waals surface area contributed by atoms with Crippen molar-refractivity contribution in [2.24, 2.45) is 0 Å². The molecule has 0 N–H and O–H groups in total. The van der Waals surface area contributed by atoms with Crippen molar-refractivity contribution in [1.82, 2.24) is 24.4 Å². The third-order valence-corrected chi connectivity index (χ3v) is 5.64. The summed E-state index contributed by atoms with van der Waals surface area (Å²) in [6.07, 6.45) is 6.59. The van der Waals surface area contributed by atoms with E-state index in [1.54, 1.807) is 0 Å². The number of hydrogen-bond acceptors (Lipinski definition) is 4. The highest BCUT2D eigenvalue weighted by Gasteiger charge is 2.39. The quantitative estimate of drug-likeness (QED) is 0.866. The maximum absolute atomic E-state index is 13.1. The highest BCUT2D eigenvalue weighted by molar-refractivity contribution is 5.94. The second kappa shape index (κ2) is 6.16. The zero-order valence-electron chi connectivity index (χ0n) is 14.5. The van der Waals surface area contributed by atoms with Crippen LogP contribution in [0.25, 0.3) is 5.65 Å². The summed E-state index contributed by atoms with van der Waals surface area (Å²) in [4.78, 5) is 17.8. The Morgan fingerprint density at radius 1 is 1.17 bits per heavy atom. The number of likely N-dealkylation sites (N-methyl/N-ethyl adjacent to an activating group) is 1. The van der Waals surface area contributed by atoms with Gasteiger partial charge in [0.05, 0.1) is 5.56 Å². The lowest BCUT2D eigenvalue weighted by Gasteiger charge is -2.34. The summed E-state index contributed by atoms with van der Waals surface area (Å²) < 4.78 is 1.90. The molecule has 2 unspecified atom stereocenters. The van der Waals surface area contributed by atoms with E-state index in [9.17, 15) is 4.79 Å². The summed E-state index contributed by atoms with van der Waals surface area (Å²) in [7, 11) is 0. The van der Waals surface area contributed by atoms with Gasteiger partial charge in [0.25, 0.3) is 5.91 Å². The maximum atomic E-state index is 13.1. The normalized spacial score (nSPS) is 25.0. The highest BCUT2D eigenvalue weighted by atomic mass is 16.2. The van der Waals surface area contributed by atoms with Crippen LogP contribution < -0.4 is 0 Å². The molecule has 0 radical (unpaired) electrons. The molecular formula is C18H25N5O. The van der Waals surface area contributed by atoms with Gasteiger partial charge in [-0.2, -0.15) is 0 Å². The summed E-state index contributed by atoms with van der Waals surface area (Å²) >= 11 is 0. The fourth-order valence-electron chi connectivity index (χ4n) is 4.42. The lowest BCUT2D eigenvalue weighted by molar-refractivity contribution is 0.0649. The van der Waals surface area contributed by atoms with Gasteiger partial charge >= 0.3 is 0 Å². The van der Waals surface area contributed by atoms with Crippen molar-refractivity contribution in [3.63, 3.8) is 0 Å². The molecule has 0 aromatic carbocycles. The monoisotopic (exact) mass is 327 g/mol. The second-order valence-corrected chi connectivity index (χ2v) is 6.94. The van der Waals surface area contributed by atoms with Crippen LogP contribution in [0.1, 0.15) is 48.8 Å². The van der Waals surface area contributed by atoms with Gasteiger partial charge in [-0.3, -0.25) is 14.1 Å². The van der Waals surface area contributed by atoms with Gasteiger partial charge in [0, 0.05) is 24.8 Å². The van der Waals surface area contributed by atoms with Crippen molar-refractivity contribution in [1.29, 1.82) is 0 Å². The molecule has 128 valence electrons. The molecule has 2 aliphatic heterocycles. The standard InChI is InChI=1S/C18H25N5O/c1-3-21-10-4-6-15(21)16-7-5-11-22(16)18(24)14-8-9-17-20-19-13(2)23(17)12-14/h8-9,12,15-16H,3-7,10-11H2,1-2H3. The topological polar surface area (TPSA) is 53.7 Å². The number of pyridine rings is 1. The van der Waals surface area contributed by atoms with Crippen LogP contribution >= 0.6 is 0 Å². The minimum absolute atomic E-state index is 0.149. The lowest BCUT2D eigenvalue weighted by atomic mass is 10.0. The minimum atomic E-state index is 0.149. The lowest BCUT2D eigenvalue weighted by Crippen LogP contribution is -2.48. The van der Waals surface area contributed by atoms with Crippen molar-refractivity contribution in [2.45, 2.75) is 51.6 Å². The number of carbonyl (C=O) groups is 1. The summed E-state index contributed by atoms with van der Waals surface area (Å²) in [6, 6.07) is 4.65. The SMILES string of the molecule is CCN1CCCC1C1CCCN1C(=O)c1ccc2nnc(C)n2c1. The summed E-state index contributed by atoms with van der Waals surface area (Å²) in [6.45, 7) is 7.25. The number of carbonyl (C=O) groups excluding carboxylic acids is 1. The Morgan fingerprint density at radius 2 is 1.96 bits per heavy atom. The molecule has 0 bridgehead atoms. The van der Waals surface area contributed by atoms with Gasteiger partial charge in [0.15, 0.2) is 5.65 Å². The van der Waals surface area contributed by atoms with Gasteiger partial charge in [0.1, 0.15) is 5.82 Å². The fourth-order valence-corrected chi connectivity index (χ4v) is 4.42. The number of nitrogens with zero attached hydrogens (tertiary/aromatic N) is 5. The number of aryl methyl sites for hydroxylation is 1. The number of rotatable bonds is 3. The zero-order chi connectivity index (χ0) is 16.7. The van der Waals surface area contributed by atoms with Crippen molar-refractivity contribution in [3.05, 3.63) is 29.7 Å². The van der Waals surface area contributed by atoms with Crippen LogP contribution in [0.15, 0.2) is 18.3 Å². The molecule has 4 rings (SSSR count). The van der Waals surface area contributed by atoms with E-state index >= 15 is 0 Å². The first-order chi connectivity index (χ1) is 11.7. The molecule has 2 fully saturated rings. The molecule has 0 saturated carbocycles. The number of fused-ring (bicyclic) bond motifs is 1. The number of amides is 1. The average molecular weight is 327 g/mol. The number of hydrogen-bond donors (Lipinski definition) is 0. The second-order valence-electron chi connectivity index (χ2n) is 6.94. The van der Waals surface area contributed by atoms with Crippen molar-refractivity contribution in [2.75, 3.05) is 19.6 Å². The van der Waals surface area contributed by atoms with Crippen LogP contribution in [0.4, 0.5) is 0 Å². The Labute approximate surface area is 142 Å². The Kier molecular flexibility index (Phi) is 4.00. The van der Waals surface area contributed by atoms with Crippen molar-refractivity contribution in [3.8, 4) is 0 Å². The largest absolute Gasteiger partial charge is 0.334 e. The molecule has 4 heterocycles. The van der Waals surface area contributed by atoms with Gasteiger partial charge < -0.3 is 4.90 Å². The van der Waals surface area contributed by atoms with E-state index in [4.69, 9.17) is 0 Å². The van der Waals surface area contributed by atoms with Crippen molar-refractivity contribution < 1.29 is 4.79 Å². The fraction of sp³-hybridized carbons (Fsp3) is 0.611. The van der Waals surface area contributed by atoms with Crippen LogP contribution in [0.3, 0.4) is 0 Å². The Hall–Kier alpha value is -1.95. The first kappa shape index (κ1) is 15.6. The Balaban J connectivity index is 1.61. The molecule has 1 amide bonds. The average Bonchev–Trinajstić information content (AvgIpc) is 3.33. The molecule has 2 aliphatic rings. The Morgan fingerprint density at radius 3 is 2.79 bits per heavy atom. The van der Waals surface area contributed by atoms with E-state index in [1.165, 1.54) is 19.4 Å². The predicted octanol–water partition coefficient (Wildman–Crippen LogP) is 2.13. The van der Waals surface area contributed by atoms with Crippen molar-refractivity contribution >= 4 is 11.6 Å². The summed E-state index contributed by atoms with van der Waals surface area (Å²) in [5.74, 6) is 0.959. The molecule has 6 heteroatoms. The number of aromatic nitrogens is 3. The Bertz CT molecular complexity index is 755. The summed E-state index contributed by atoms with van der Waals surface area (Å²) in [5.41, 5.74) is 1.52. The van der Waals surface area contributed by atoms with Crippen LogP contribution in [-0.2, 0) is 0 Å². The van der Waals surface area contributed by atoms with E-state index in [0.29, 0.717) is 12.1 Å². The minimum Gasteiger partial charge on any atom is -0.334 e. The van der Waals surface area contributed by atoms with Crippen LogP contribution in [0.5, 0.6) is 0 Å². The van der Waals surface area contributed by atoms with E-state index in [1.807, 2.05) is 29.7 Å². The molecule has 2 saturated heterocycles. The van der Waals surface area contributed by atoms with Crippen LogP contribution in [-0.4, -0.2) is 62.0 Å². The molecule has 2 atom stereocenters. The number of likely N-dealkylation sites (tertiary alicyclic amines) is 2. The van der Waals surface area contributed by atoms with E-state index in [0.717, 1.165) is 43.0 Å². The van der Waals surface area contributed by atoms with Gasteiger partial charge in [-0.15, -0.1) is 10.2 Å². The molecule has 6 nitrogen and oxygen atoms in total. The van der Waals surface area contributed by atoms with E-state index in [-0.39, 0.29) is 5.91 Å². The van der Waals surface area contributed by atoms with Gasteiger partial charge in [0.2, 0.25) is 0 Å². The molecule has 0 aliphatic carbocycles. The van der Waals surface area contributed by atoms with Gasteiger partial charge in [-0.1, -0.05) is 6.92 Å². The smallest absolute Gasteiger partial charge is 0.255 e. The van der Waals surface area contributed by atoms with E-state index in [2.05, 4.69) is 26.9 Å². The first-order valence-corrected chi connectivity index (χ1v) is 9.05. The first-order valence-electron chi connectivity index (χ1n) is 9.05. The summed E-state index contributed by atoms with van der Waals surface area (Å²) in [5, 5.41) is 8.17.